The van der Waals surface area contributed by atoms with Crippen LogP contribution in [0.2, 0.25) is 0 Å². The topological polar surface area (TPSA) is 420 Å². The molecule has 400 valence electrons. The first kappa shape index (κ1) is 56.3. The molecule has 6 heterocycles. The largest absolute Gasteiger partial charge is 0.443 e. The summed E-state index contributed by atoms with van der Waals surface area (Å²) in [7, 11) is 0. The van der Waals surface area contributed by atoms with Crippen LogP contribution in [0.5, 0.6) is 0 Å². The number of thiazole rings is 1. The second-order valence-electron chi connectivity index (χ2n) is 17.0. The van der Waals surface area contributed by atoms with E-state index in [1.165, 1.54) is 65.1 Å². The molecule has 0 spiro atoms. The zero-order chi connectivity index (χ0) is 57.0. The van der Waals surface area contributed by atoms with Gasteiger partial charge in [-0.3, -0.25) is 43.2 Å². The van der Waals surface area contributed by atoms with Crippen LogP contribution in [0.1, 0.15) is 98.8 Å². The number of nitrogens with two attached hydrogens (primary N) is 1. The quantitative estimate of drug-likeness (QED) is 0.107. The fraction of sp³-hybridized carbons (Fsp3) is 0.208. The van der Waals surface area contributed by atoms with Crippen LogP contribution >= 0.6 is 11.3 Å². The second-order valence-corrected chi connectivity index (χ2v) is 17.9. The zero-order valence-corrected chi connectivity index (χ0v) is 42.5. The van der Waals surface area contributed by atoms with Crippen molar-refractivity contribution in [1.82, 2.24) is 67.5 Å². The van der Waals surface area contributed by atoms with Gasteiger partial charge in [0.1, 0.15) is 57.7 Å². The van der Waals surface area contributed by atoms with E-state index < -0.39 is 99.9 Å². The van der Waals surface area contributed by atoms with Crippen molar-refractivity contribution in [3.8, 4) is 22.0 Å². The summed E-state index contributed by atoms with van der Waals surface area (Å²) >= 11 is 0.913. The van der Waals surface area contributed by atoms with Crippen molar-refractivity contribution < 1.29 is 66.6 Å². The summed E-state index contributed by atoms with van der Waals surface area (Å²) in [4.78, 5) is 141. The van der Waals surface area contributed by atoms with E-state index in [0.717, 1.165) is 17.6 Å². The van der Waals surface area contributed by atoms with Crippen LogP contribution in [-0.4, -0.2) is 112 Å². The van der Waals surface area contributed by atoms with Gasteiger partial charge in [-0.15, -0.1) is 11.3 Å². The van der Waals surface area contributed by atoms with Crippen LogP contribution in [-0.2, 0) is 24.0 Å². The van der Waals surface area contributed by atoms with Gasteiger partial charge in [-0.1, -0.05) is 39.0 Å². The number of allylic oxidation sites excluding steroid dienone is 1. The van der Waals surface area contributed by atoms with E-state index in [1.807, 2.05) is 0 Å². The number of aliphatic hydroxyl groups is 2. The number of pyridine rings is 1. The number of amides is 9. The first-order chi connectivity index (χ1) is 36.1. The van der Waals surface area contributed by atoms with E-state index in [4.69, 9.17) is 19.0 Å². The highest BCUT2D eigenvalue weighted by molar-refractivity contribution is 7.13. The summed E-state index contributed by atoms with van der Waals surface area (Å²) in [6, 6.07) is -0.785. The predicted octanol–water partition coefficient (Wildman–Crippen LogP) is 0.468. The van der Waals surface area contributed by atoms with Crippen molar-refractivity contribution in [1.29, 1.82) is 0 Å². The minimum atomic E-state index is -1.99. The van der Waals surface area contributed by atoms with Gasteiger partial charge in [0.05, 0.1) is 45.9 Å². The fourth-order valence-electron chi connectivity index (χ4n) is 6.60. The molecule has 1 aliphatic heterocycles. The average molecular weight is 1080 g/mol. The predicted molar refractivity (Wildman–Crippen MR) is 270 cm³/mol. The summed E-state index contributed by atoms with van der Waals surface area (Å²) in [5.41, 5.74) is -0.444. The Balaban J connectivity index is 1.37. The maximum absolute atomic E-state index is 13.7. The third-order valence-electron chi connectivity index (χ3n) is 10.6. The molecule has 0 radical (unpaired) electrons. The summed E-state index contributed by atoms with van der Waals surface area (Å²) in [5, 5.41) is 41.7. The molecule has 0 saturated carbocycles. The summed E-state index contributed by atoms with van der Waals surface area (Å²) < 4.78 is 16.8. The van der Waals surface area contributed by atoms with Gasteiger partial charge in [-0.25, -0.2) is 24.9 Å². The molecule has 12 N–H and O–H groups in total. The Morgan fingerprint density at radius 3 is 1.92 bits per heavy atom. The lowest BCUT2D eigenvalue weighted by Gasteiger charge is -2.29. The first-order valence-corrected chi connectivity index (χ1v) is 23.1. The minimum Gasteiger partial charge on any atom is -0.443 e. The number of hydrogen-bond acceptors (Lipinski definition) is 20. The van der Waals surface area contributed by atoms with Gasteiger partial charge in [0, 0.05) is 10.9 Å². The second kappa shape index (κ2) is 22.6. The van der Waals surface area contributed by atoms with Gasteiger partial charge < -0.3 is 71.7 Å². The summed E-state index contributed by atoms with van der Waals surface area (Å²) in [6.45, 7) is 25.8. The molecule has 5 aromatic rings. The Morgan fingerprint density at radius 2 is 1.32 bits per heavy atom. The van der Waals surface area contributed by atoms with E-state index >= 15 is 0 Å². The smallest absolute Gasteiger partial charge is 0.278 e. The number of aryl methyl sites for hydroxylation is 2. The van der Waals surface area contributed by atoms with Crippen molar-refractivity contribution in [3.05, 3.63) is 132 Å². The van der Waals surface area contributed by atoms with Crippen molar-refractivity contribution in [2.75, 3.05) is 0 Å². The van der Waals surface area contributed by atoms with Gasteiger partial charge >= 0.3 is 0 Å². The Labute approximate surface area is 439 Å². The zero-order valence-electron chi connectivity index (χ0n) is 41.7. The Morgan fingerprint density at radius 1 is 0.740 bits per heavy atom. The van der Waals surface area contributed by atoms with E-state index in [-0.39, 0.29) is 85.1 Å². The molecule has 6 rings (SSSR count). The number of nitrogens with one attached hydrogen (secondary N) is 8. The number of oxazole rings is 3. The molecule has 3 atom stereocenters. The lowest BCUT2D eigenvalue weighted by molar-refractivity contribution is -0.132. The third-order valence-corrected chi connectivity index (χ3v) is 11.5. The average Bonchev–Trinajstić information content (AvgIpc) is 4.20. The van der Waals surface area contributed by atoms with Crippen molar-refractivity contribution >= 4 is 81.6 Å². The maximum atomic E-state index is 13.7. The molecule has 9 amide bonds. The maximum Gasteiger partial charge on any atom is 0.278 e. The van der Waals surface area contributed by atoms with Crippen LogP contribution in [0, 0.1) is 13.8 Å². The van der Waals surface area contributed by atoms with E-state index in [2.05, 4.69) is 100 Å². The van der Waals surface area contributed by atoms with Gasteiger partial charge in [0.2, 0.25) is 29.5 Å². The number of aromatic nitrogens is 5. The normalized spacial score (nSPS) is 17.8. The molecule has 0 aromatic carbocycles. The van der Waals surface area contributed by atoms with E-state index in [9.17, 15) is 53.4 Å². The molecular weight excluding hydrogens is 1030 g/mol. The van der Waals surface area contributed by atoms with Gasteiger partial charge in [0.25, 0.3) is 41.4 Å². The molecule has 1 aliphatic rings. The lowest BCUT2D eigenvalue weighted by atomic mass is 9.97. The molecule has 8 bridgehead atoms. The number of aliphatic hydroxyl groups excluding tert-OH is 1. The number of carbonyl (C=O) groups is 9. The number of carbonyl (C=O) groups excluding carboxylic acids is 9. The van der Waals surface area contributed by atoms with Crippen LogP contribution in [0.4, 0.5) is 0 Å². The highest BCUT2D eigenvalue weighted by atomic mass is 32.1. The Hall–Kier alpha value is -10.00. The van der Waals surface area contributed by atoms with Crippen LogP contribution in [0.25, 0.3) is 39.1 Å². The molecule has 5 aromatic heterocycles. The molecule has 0 fully saturated rings. The highest BCUT2D eigenvalue weighted by Gasteiger charge is 2.37. The molecular formula is C48H48N14O14S. The van der Waals surface area contributed by atoms with Gasteiger partial charge in [-0.05, 0) is 53.7 Å². The molecule has 77 heavy (non-hydrogen) atoms. The monoisotopic (exact) mass is 1080 g/mol. The van der Waals surface area contributed by atoms with Crippen molar-refractivity contribution in [2.24, 2.45) is 5.73 Å². The first-order valence-electron chi connectivity index (χ1n) is 22.3. The number of fused-ring (bicyclic) bond motifs is 11. The summed E-state index contributed by atoms with van der Waals surface area (Å²) in [6.07, 6.45) is 0.890. The standard InChI is InChI=1S/C48H48N14O14S/c1-12-26-46-61-32(24(9)76-46)42(71)52-19(4)37(66)62-34(48(10,11)73)43(72)54-21(6)45-60-31(23(8)75-45)41(70)51-18(3)36(65)53-20(5)44-57-28(15-74-44)33-25(13-14-27(55-33)38(67)50-17(2)35(49)64)47-58-29(16-77-47)39(68)59-30(22(7)63)40(69)56-26/h12-16,22,30,34,63,73H,2-6H2,1,7-11H3,(H2,49,64)(H,50,67)(H,51,70)(H,52,71)(H,53,65)(H,54,72)(H,56,69)(H,59,68)(H,62,66)/b26-12-/t22-,30+,34?/m1/s1. The Kier molecular flexibility index (Phi) is 16.5. The highest BCUT2D eigenvalue weighted by Crippen LogP contribution is 2.33. The number of primary amides is 1. The summed E-state index contributed by atoms with van der Waals surface area (Å²) in [5.74, 6) is -10.4. The van der Waals surface area contributed by atoms with Crippen LogP contribution < -0.4 is 48.3 Å². The number of rotatable bonds is 5. The van der Waals surface area contributed by atoms with E-state index in [1.54, 1.807) is 0 Å². The SMILES string of the molecule is C=C(NC(=O)c1ccc2c(n1)-c1coc(n1)C(=C)NC(=O)C(=C)NC(=O)c1nc(oc1C)C(=C)NC(=O)C(C(C)(C)O)NC(=O)C(=C)NC(=O)c1nc(oc1C)/C(=C/C)NC(=O)[C@H]([C@@H](C)O)NC(=O)c1csc-2n1)C(N)=O. The van der Waals surface area contributed by atoms with Crippen molar-refractivity contribution in [3.63, 3.8) is 0 Å². The van der Waals surface area contributed by atoms with Gasteiger partial charge in [-0.2, -0.15) is 0 Å². The minimum absolute atomic E-state index is 0.0877. The molecule has 0 aliphatic carbocycles. The molecule has 1 unspecified atom stereocenters. The number of nitrogens with zero attached hydrogens (tertiary/aromatic N) is 5. The lowest BCUT2D eigenvalue weighted by Crippen LogP contribution is -2.58. The third kappa shape index (κ3) is 12.9. The fourth-order valence-corrected chi connectivity index (χ4v) is 7.43. The molecule has 28 nitrogen and oxygen atoms in total. The van der Waals surface area contributed by atoms with Crippen LogP contribution in [0.3, 0.4) is 0 Å². The molecule has 0 saturated heterocycles. The van der Waals surface area contributed by atoms with E-state index in [0.29, 0.717) is 0 Å². The Bertz CT molecular complexity index is 3420. The van der Waals surface area contributed by atoms with Gasteiger partial charge in [0.15, 0.2) is 11.4 Å². The number of hydrogen-bond donors (Lipinski definition) is 11. The van der Waals surface area contributed by atoms with Crippen molar-refractivity contribution in [2.45, 2.75) is 65.3 Å². The van der Waals surface area contributed by atoms with Crippen LogP contribution in [0.15, 0.2) is 93.1 Å². The molecule has 29 heteroatoms.